The van der Waals surface area contributed by atoms with Crippen molar-refractivity contribution in [2.45, 2.75) is 24.9 Å². The fourth-order valence-electron chi connectivity index (χ4n) is 1.83. The average Bonchev–Trinajstić information content (AvgIpc) is 3.00. The number of benzene rings is 1. The Bertz CT molecular complexity index is 477. The van der Waals surface area contributed by atoms with Gasteiger partial charge in [0.2, 0.25) is 0 Å². The molecule has 1 aliphatic rings. The minimum atomic E-state index is 0.246. The third-order valence-corrected chi connectivity index (χ3v) is 4.25. The van der Waals surface area contributed by atoms with Gasteiger partial charge in [-0.15, -0.1) is 11.3 Å². The predicted octanol–water partition coefficient (Wildman–Crippen LogP) is 3.75. The lowest BCUT2D eigenvalue weighted by molar-refractivity contribution is 0.598. The quantitative estimate of drug-likeness (QED) is 0.930. The molecule has 0 saturated heterocycles. The number of nitrogens with zero attached hydrogens (tertiary/aromatic N) is 1. The second-order valence-corrected chi connectivity index (χ2v) is 6.14. The highest BCUT2D eigenvalue weighted by molar-refractivity contribution is 9.10. The summed E-state index contributed by atoms with van der Waals surface area (Å²) in [4.78, 5) is 4.44. The van der Waals surface area contributed by atoms with Gasteiger partial charge in [0.25, 0.3) is 0 Å². The summed E-state index contributed by atoms with van der Waals surface area (Å²) in [6.45, 7) is 0. The summed E-state index contributed by atoms with van der Waals surface area (Å²) in [5.74, 6) is 0. The highest BCUT2D eigenvalue weighted by Gasteiger charge is 2.27. The molecular weight excluding hydrogens is 296 g/mol. The second-order valence-electron chi connectivity index (χ2n) is 4.30. The van der Waals surface area contributed by atoms with Crippen molar-refractivity contribution in [3.63, 3.8) is 0 Å². The highest BCUT2D eigenvalue weighted by atomic mass is 79.9. The summed E-state index contributed by atoms with van der Waals surface area (Å²) in [5, 5.41) is 6.85. The lowest BCUT2D eigenvalue weighted by atomic mass is 10.1. The topological polar surface area (TPSA) is 24.9 Å². The van der Waals surface area contributed by atoms with Crippen LogP contribution in [-0.2, 0) is 0 Å². The summed E-state index contributed by atoms with van der Waals surface area (Å²) >= 11 is 5.19. The van der Waals surface area contributed by atoms with Crippen LogP contribution in [0.2, 0.25) is 0 Å². The molecule has 0 bridgehead atoms. The molecule has 2 nitrogen and oxygen atoms in total. The first-order chi connectivity index (χ1) is 8.33. The van der Waals surface area contributed by atoms with E-state index in [1.54, 1.807) is 11.3 Å². The maximum Gasteiger partial charge on any atom is 0.114 e. The molecular formula is C13H13BrN2S. The number of thiazole rings is 1. The molecule has 1 N–H and O–H groups in total. The van der Waals surface area contributed by atoms with Gasteiger partial charge in [0.05, 0.1) is 6.04 Å². The average molecular weight is 309 g/mol. The van der Waals surface area contributed by atoms with Crippen molar-refractivity contribution < 1.29 is 0 Å². The molecule has 1 unspecified atom stereocenters. The maximum atomic E-state index is 4.44. The molecule has 0 amide bonds. The summed E-state index contributed by atoms with van der Waals surface area (Å²) in [6.07, 6.45) is 4.46. The van der Waals surface area contributed by atoms with Crippen molar-refractivity contribution in [1.29, 1.82) is 0 Å². The van der Waals surface area contributed by atoms with Crippen LogP contribution in [0.15, 0.2) is 40.3 Å². The third-order valence-electron chi connectivity index (χ3n) is 2.88. The summed E-state index contributed by atoms with van der Waals surface area (Å²) in [5.41, 5.74) is 1.29. The van der Waals surface area contributed by atoms with Crippen molar-refractivity contribution in [1.82, 2.24) is 10.3 Å². The molecule has 1 aromatic carbocycles. The number of hydrogen-bond acceptors (Lipinski definition) is 3. The van der Waals surface area contributed by atoms with Gasteiger partial charge in [0.15, 0.2) is 0 Å². The normalized spacial score (nSPS) is 17.0. The van der Waals surface area contributed by atoms with Crippen molar-refractivity contribution in [3.8, 4) is 0 Å². The standard InChI is InChI=1S/C13H13BrN2S/c14-10-3-1-9(2-4-10)12(16-11-5-6-11)13-15-7-8-17-13/h1-4,7-8,11-12,16H,5-6H2. The van der Waals surface area contributed by atoms with E-state index in [0.29, 0.717) is 6.04 Å². The molecule has 1 aromatic heterocycles. The van der Waals surface area contributed by atoms with Crippen molar-refractivity contribution in [3.05, 3.63) is 50.9 Å². The first-order valence-corrected chi connectivity index (χ1v) is 7.41. The van der Waals surface area contributed by atoms with Gasteiger partial charge in [0.1, 0.15) is 5.01 Å². The third kappa shape index (κ3) is 2.76. The van der Waals surface area contributed by atoms with Gasteiger partial charge in [-0.25, -0.2) is 4.98 Å². The zero-order valence-electron chi connectivity index (χ0n) is 9.27. The van der Waals surface area contributed by atoms with E-state index in [1.165, 1.54) is 18.4 Å². The van der Waals surface area contributed by atoms with Crippen LogP contribution in [0.5, 0.6) is 0 Å². The van der Waals surface area contributed by atoms with Crippen LogP contribution in [0.25, 0.3) is 0 Å². The molecule has 88 valence electrons. The maximum absolute atomic E-state index is 4.44. The lowest BCUT2D eigenvalue weighted by Crippen LogP contribution is -2.24. The number of nitrogens with one attached hydrogen (secondary N) is 1. The number of halogens is 1. The van der Waals surface area contributed by atoms with Gasteiger partial charge in [0, 0.05) is 22.1 Å². The molecule has 1 saturated carbocycles. The molecule has 2 aromatic rings. The van der Waals surface area contributed by atoms with Gasteiger partial charge in [-0.2, -0.15) is 0 Å². The van der Waals surface area contributed by atoms with Crippen molar-refractivity contribution in [2.75, 3.05) is 0 Å². The van der Waals surface area contributed by atoms with E-state index in [-0.39, 0.29) is 6.04 Å². The van der Waals surface area contributed by atoms with Crippen LogP contribution >= 0.6 is 27.3 Å². The van der Waals surface area contributed by atoms with E-state index in [2.05, 4.69) is 50.5 Å². The van der Waals surface area contributed by atoms with Crippen LogP contribution in [0.4, 0.5) is 0 Å². The SMILES string of the molecule is Brc1ccc(C(NC2CC2)c2nccs2)cc1. The van der Waals surface area contributed by atoms with Gasteiger partial charge < -0.3 is 5.32 Å². The van der Waals surface area contributed by atoms with E-state index >= 15 is 0 Å². The summed E-state index contributed by atoms with van der Waals surface area (Å²) in [6, 6.07) is 9.41. The Kier molecular flexibility index (Phi) is 3.27. The van der Waals surface area contributed by atoms with Crippen LogP contribution in [-0.4, -0.2) is 11.0 Å². The number of hydrogen-bond donors (Lipinski definition) is 1. The first-order valence-electron chi connectivity index (χ1n) is 5.74. The van der Waals surface area contributed by atoms with Crippen molar-refractivity contribution >= 4 is 27.3 Å². The van der Waals surface area contributed by atoms with Crippen LogP contribution in [0.3, 0.4) is 0 Å². The Morgan fingerprint density at radius 3 is 2.65 bits per heavy atom. The largest absolute Gasteiger partial charge is 0.301 e. The minimum absolute atomic E-state index is 0.246. The molecule has 0 aliphatic heterocycles. The smallest absolute Gasteiger partial charge is 0.114 e. The fraction of sp³-hybridized carbons (Fsp3) is 0.308. The van der Waals surface area contributed by atoms with E-state index in [1.807, 2.05) is 11.6 Å². The van der Waals surface area contributed by atoms with E-state index < -0.39 is 0 Å². The van der Waals surface area contributed by atoms with Gasteiger partial charge in [-0.3, -0.25) is 0 Å². The molecule has 0 spiro atoms. The zero-order chi connectivity index (χ0) is 11.7. The van der Waals surface area contributed by atoms with Gasteiger partial charge in [-0.1, -0.05) is 28.1 Å². The Balaban J connectivity index is 1.89. The fourth-order valence-corrected chi connectivity index (χ4v) is 2.82. The lowest BCUT2D eigenvalue weighted by Gasteiger charge is -2.16. The van der Waals surface area contributed by atoms with Crippen LogP contribution in [0.1, 0.15) is 29.5 Å². The Hall–Kier alpha value is -0.710. The zero-order valence-corrected chi connectivity index (χ0v) is 11.7. The molecule has 4 heteroatoms. The Morgan fingerprint density at radius 2 is 2.06 bits per heavy atom. The van der Waals surface area contributed by atoms with E-state index in [9.17, 15) is 0 Å². The first kappa shape index (κ1) is 11.4. The second kappa shape index (κ2) is 4.88. The molecule has 1 aliphatic carbocycles. The minimum Gasteiger partial charge on any atom is -0.301 e. The highest BCUT2D eigenvalue weighted by Crippen LogP contribution is 2.30. The molecule has 17 heavy (non-hydrogen) atoms. The van der Waals surface area contributed by atoms with Gasteiger partial charge >= 0.3 is 0 Å². The molecule has 0 radical (unpaired) electrons. The summed E-state index contributed by atoms with van der Waals surface area (Å²) in [7, 11) is 0. The molecule has 1 heterocycles. The Morgan fingerprint density at radius 1 is 1.29 bits per heavy atom. The van der Waals surface area contributed by atoms with Crippen LogP contribution < -0.4 is 5.32 Å². The number of aromatic nitrogens is 1. The molecule has 3 rings (SSSR count). The number of rotatable bonds is 4. The van der Waals surface area contributed by atoms with Crippen molar-refractivity contribution in [2.24, 2.45) is 0 Å². The van der Waals surface area contributed by atoms with E-state index in [0.717, 1.165) is 9.48 Å². The van der Waals surface area contributed by atoms with Crippen LogP contribution in [0, 0.1) is 0 Å². The Labute approximate surface area is 113 Å². The van der Waals surface area contributed by atoms with E-state index in [4.69, 9.17) is 0 Å². The monoisotopic (exact) mass is 308 g/mol. The molecule has 1 atom stereocenters. The predicted molar refractivity (Wildman–Crippen MR) is 74.3 cm³/mol. The van der Waals surface area contributed by atoms with Gasteiger partial charge in [-0.05, 0) is 30.5 Å². The molecule has 1 fully saturated rings. The summed E-state index contributed by atoms with van der Waals surface area (Å²) < 4.78 is 1.12.